The molecule has 0 aliphatic rings. The van der Waals surface area contributed by atoms with E-state index in [0.29, 0.717) is 10.9 Å². The molecule has 0 aliphatic carbocycles. The lowest BCUT2D eigenvalue weighted by Gasteiger charge is -2.32. The molecule has 1 nitrogen and oxygen atoms in total. The van der Waals surface area contributed by atoms with Gasteiger partial charge in [-0.2, -0.15) is 0 Å². The quantitative estimate of drug-likeness (QED) is 0.732. The summed E-state index contributed by atoms with van der Waals surface area (Å²) in [6.45, 7) is 8.56. The molecule has 0 N–H and O–H groups in total. The summed E-state index contributed by atoms with van der Waals surface area (Å²) in [7, 11) is 0. The van der Waals surface area contributed by atoms with Crippen molar-refractivity contribution in [2.24, 2.45) is 5.92 Å². The van der Waals surface area contributed by atoms with Gasteiger partial charge in [0, 0.05) is 0 Å². The van der Waals surface area contributed by atoms with Crippen LogP contribution in [0.25, 0.3) is 0 Å². The molecule has 15 heavy (non-hydrogen) atoms. The van der Waals surface area contributed by atoms with E-state index in [4.69, 9.17) is 16.3 Å². The number of benzene rings is 1. The maximum atomic E-state index is 6.05. The molecule has 0 saturated carbocycles. The molecule has 1 atom stereocenters. The Bertz CT molecular complexity index is 320. The van der Waals surface area contributed by atoms with Crippen LogP contribution in [0.3, 0.4) is 0 Å². The highest BCUT2D eigenvalue weighted by molar-refractivity contribution is 6.32. The zero-order valence-electron chi connectivity index (χ0n) is 9.88. The van der Waals surface area contributed by atoms with Crippen LogP contribution in [0.5, 0.6) is 5.75 Å². The largest absolute Gasteiger partial charge is 0.486 e. The number of ether oxygens (including phenoxy) is 1. The van der Waals surface area contributed by atoms with Crippen molar-refractivity contribution in [2.75, 3.05) is 0 Å². The molecule has 1 aromatic rings. The Balaban J connectivity index is 2.81. The molecule has 0 radical (unpaired) electrons. The lowest BCUT2D eigenvalue weighted by Crippen LogP contribution is -2.35. The minimum atomic E-state index is -0.181. The van der Waals surface area contributed by atoms with E-state index >= 15 is 0 Å². The van der Waals surface area contributed by atoms with Crippen molar-refractivity contribution in [3.8, 4) is 5.75 Å². The van der Waals surface area contributed by atoms with Crippen molar-refractivity contribution in [3.63, 3.8) is 0 Å². The summed E-state index contributed by atoms with van der Waals surface area (Å²) in [4.78, 5) is 0. The van der Waals surface area contributed by atoms with Gasteiger partial charge in [-0.25, -0.2) is 0 Å². The molecule has 0 bridgehead atoms. The Morgan fingerprint density at radius 2 is 1.93 bits per heavy atom. The van der Waals surface area contributed by atoms with Crippen molar-refractivity contribution in [3.05, 3.63) is 29.3 Å². The van der Waals surface area contributed by atoms with Crippen molar-refractivity contribution in [1.82, 2.24) is 0 Å². The number of hydrogen-bond acceptors (Lipinski definition) is 1. The third-order valence-electron chi connectivity index (χ3n) is 3.01. The van der Waals surface area contributed by atoms with Crippen molar-refractivity contribution >= 4 is 11.6 Å². The first-order chi connectivity index (χ1) is 6.97. The van der Waals surface area contributed by atoms with E-state index in [2.05, 4.69) is 27.7 Å². The summed E-state index contributed by atoms with van der Waals surface area (Å²) in [6, 6.07) is 7.61. The van der Waals surface area contributed by atoms with Gasteiger partial charge in [0.15, 0.2) is 0 Å². The molecular formula is C13H19ClO. The van der Waals surface area contributed by atoms with Gasteiger partial charge in [0.1, 0.15) is 11.4 Å². The maximum absolute atomic E-state index is 6.05. The summed E-state index contributed by atoms with van der Waals surface area (Å²) in [5.41, 5.74) is -0.181. The van der Waals surface area contributed by atoms with E-state index in [0.717, 1.165) is 12.2 Å². The monoisotopic (exact) mass is 226 g/mol. The molecule has 0 amide bonds. The molecule has 0 heterocycles. The summed E-state index contributed by atoms with van der Waals surface area (Å²) < 4.78 is 5.95. The van der Waals surface area contributed by atoms with Crippen LogP contribution in [0.1, 0.15) is 34.1 Å². The molecule has 2 heteroatoms. The second-order valence-corrected chi connectivity index (χ2v) is 4.85. The van der Waals surface area contributed by atoms with Crippen LogP contribution in [0.4, 0.5) is 0 Å². The van der Waals surface area contributed by atoms with Crippen molar-refractivity contribution < 1.29 is 4.74 Å². The summed E-state index contributed by atoms with van der Waals surface area (Å²) in [5, 5.41) is 0.675. The molecule has 0 spiro atoms. The summed E-state index contributed by atoms with van der Waals surface area (Å²) in [5.74, 6) is 1.26. The minimum absolute atomic E-state index is 0.181. The van der Waals surface area contributed by atoms with Crippen LogP contribution in [-0.2, 0) is 0 Å². The average molecular weight is 227 g/mol. The van der Waals surface area contributed by atoms with Gasteiger partial charge < -0.3 is 4.74 Å². The molecular weight excluding hydrogens is 208 g/mol. The fourth-order valence-electron chi connectivity index (χ4n) is 1.40. The maximum Gasteiger partial charge on any atom is 0.138 e. The molecule has 0 fully saturated rings. The average Bonchev–Trinajstić information content (AvgIpc) is 2.20. The molecule has 1 unspecified atom stereocenters. The number of rotatable bonds is 4. The van der Waals surface area contributed by atoms with E-state index < -0.39 is 0 Å². The van der Waals surface area contributed by atoms with E-state index in [1.54, 1.807) is 0 Å². The zero-order valence-corrected chi connectivity index (χ0v) is 10.6. The van der Waals surface area contributed by atoms with Gasteiger partial charge in [-0.05, 0) is 38.3 Å². The second-order valence-electron chi connectivity index (χ2n) is 4.45. The lowest BCUT2D eigenvalue weighted by atomic mass is 9.90. The predicted octanol–water partition coefficient (Wildman–Crippen LogP) is 4.54. The molecule has 0 saturated heterocycles. The molecule has 84 valence electrons. The molecule has 1 rings (SSSR count). The van der Waals surface area contributed by atoms with Crippen LogP contribution in [-0.4, -0.2) is 5.60 Å². The smallest absolute Gasteiger partial charge is 0.138 e. The van der Waals surface area contributed by atoms with Gasteiger partial charge in [-0.15, -0.1) is 0 Å². The highest BCUT2D eigenvalue weighted by Gasteiger charge is 2.27. The van der Waals surface area contributed by atoms with Gasteiger partial charge in [0.05, 0.1) is 5.02 Å². The fourth-order valence-corrected chi connectivity index (χ4v) is 1.58. The topological polar surface area (TPSA) is 9.23 Å². The SMILES string of the molecule is CCC(C)C(C)(C)Oc1ccccc1Cl. The van der Waals surface area contributed by atoms with Gasteiger partial charge >= 0.3 is 0 Å². The number of hydrogen-bond donors (Lipinski definition) is 0. The first-order valence-electron chi connectivity index (χ1n) is 5.41. The standard InChI is InChI=1S/C13H19ClO/c1-5-10(2)13(3,4)15-12-9-7-6-8-11(12)14/h6-10H,5H2,1-4H3. The van der Waals surface area contributed by atoms with Gasteiger partial charge in [-0.1, -0.05) is 37.6 Å². The lowest BCUT2D eigenvalue weighted by molar-refractivity contribution is 0.0502. The van der Waals surface area contributed by atoms with E-state index in [9.17, 15) is 0 Å². The third-order valence-corrected chi connectivity index (χ3v) is 3.32. The Kier molecular flexibility index (Phi) is 4.04. The first kappa shape index (κ1) is 12.4. The van der Waals surface area contributed by atoms with E-state index in [1.165, 1.54) is 0 Å². The van der Waals surface area contributed by atoms with Crippen LogP contribution in [0, 0.1) is 5.92 Å². The normalized spacial score (nSPS) is 13.7. The summed E-state index contributed by atoms with van der Waals surface area (Å²) >= 11 is 6.05. The molecule has 0 aromatic heterocycles. The minimum Gasteiger partial charge on any atom is -0.486 e. The van der Waals surface area contributed by atoms with Gasteiger partial charge in [0.2, 0.25) is 0 Å². The zero-order chi connectivity index (χ0) is 11.5. The van der Waals surface area contributed by atoms with Gasteiger partial charge in [-0.3, -0.25) is 0 Å². The highest BCUT2D eigenvalue weighted by atomic mass is 35.5. The van der Waals surface area contributed by atoms with Crippen molar-refractivity contribution in [2.45, 2.75) is 39.7 Å². The van der Waals surface area contributed by atoms with Crippen LogP contribution >= 0.6 is 11.6 Å². The van der Waals surface area contributed by atoms with Gasteiger partial charge in [0.25, 0.3) is 0 Å². The Labute approximate surface area is 97.4 Å². The summed E-state index contributed by atoms with van der Waals surface area (Å²) in [6.07, 6.45) is 1.09. The number of para-hydroxylation sites is 1. The van der Waals surface area contributed by atoms with Crippen molar-refractivity contribution in [1.29, 1.82) is 0 Å². The Hall–Kier alpha value is -0.690. The van der Waals surface area contributed by atoms with Crippen LogP contribution in [0.15, 0.2) is 24.3 Å². The van der Waals surface area contributed by atoms with Crippen LogP contribution in [0.2, 0.25) is 5.02 Å². The molecule has 0 aliphatic heterocycles. The van der Waals surface area contributed by atoms with E-state index in [-0.39, 0.29) is 5.60 Å². The second kappa shape index (κ2) is 4.89. The predicted molar refractivity (Wildman–Crippen MR) is 65.6 cm³/mol. The van der Waals surface area contributed by atoms with Crippen LogP contribution < -0.4 is 4.74 Å². The molecule has 1 aromatic carbocycles. The fraction of sp³-hybridized carbons (Fsp3) is 0.538. The van der Waals surface area contributed by atoms with E-state index in [1.807, 2.05) is 24.3 Å². The first-order valence-corrected chi connectivity index (χ1v) is 5.78. The number of halogens is 1. The Morgan fingerprint density at radius 3 is 2.47 bits per heavy atom. The Morgan fingerprint density at radius 1 is 1.33 bits per heavy atom. The third kappa shape index (κ3) is 3.13. The highest BCUT2D eigenvalue weighted by Crippen LogP contribution is 2.31.